The van der Waals surface area contributed by atoms with Crippen LogP contribution in [0.4, 0.5) is 0 Å². The van der Waals surface area contributed by atoms with E-state index in [-0.39, 0.29) is 5.60 Å². The van der Waals surface area contributed by atoms with Crippen LogP contribution in [0.15, 0.2) is 35.7 Å². The van der Waals surface area contributed by atoms with E-state index >= 15 is 0 Å². The number of fused-ring (bicyclic) bond motifs is 1. The lowest BCUT2D eigenvalue weighted by Crippen LogP contribution is -2.49. The van der Waals surface area contributed by atoms with E-state index in [2.05, 4.69) is 35.0 Å². The Labute approximate surface area is 135 Å². The summed E-state index contributed by atoms with van der Waals surface area (Å²) in [6, 6.07) is 10.7. The topological polar surface area (TPSA) is 30.5 Å². The van der Waals surface area contributed by atoms with Crippen molar-refractivity contribution in [3.63, 3.8) is 0 Å². The summed E-state index contributed by atoms with van der Waals surface area (Å²) < 4.78 is 11.9. The third kappa shape index (κ3) is 2.40. The maximum Gasteiger partial charge on any atom is 0.127 e. The van der Waals surface area contributed by atoms with Gasteiger partial charge in [-0.15, -0.1) is 11.3 Å². The number of thiophene rings is 1. The van der Waals surface area contributed by atoms with Crippen LogP contribution in [-0.2, 0) is 0 Å². The SMILES string of the molecule is COc1ccc2c(c1)OC1(CCNCC1)CC2c1cccs1. The zero-order valence-electron chi connectivity index (χ0n) is 12.8. The lowest BCUT2D eigenvalue weighted by Gasteiger charge is -2.44. The third-order valence-corrected chi connectivity index (χ3v) is 5.89. The van der Waals surface area contributed by atoms with Gasteiger partial charge >= 0.3 is 0 Å². The number of hydrogen-bond acceptors (Lipinski definition) is 4. The van der Waals surface area contributed by atoms with Gasteiger partial charge in [0, 0.05) is 22.4 Å². The first-order chi connectivity index (χ1) is 10.8. The first-order valence-electron chi connectivity index (χ1n) is 7.91. The standard InChI is InChI=1S/C18H21NO2S/c1-20-13-4-5-14-15(17-3-2-10-22-17)12-18(21-16(14)11-13)6-8-19-9-7-18/h2-5,10-11,15,19H,6-9,12H2,1H3. The second kappa shape index (κ2) is 5.60. The van der Waals surface area contributed by atoms with Gasteiger partial charge in [0.15, 0.2) is 0 Å². The lowest BCUT2D eigenvalue weighted by molar-refractivity contribution is 0.0115. The molecule has 1 N–H and O–H groups in total. The van der Waals surface area contributed by atoms with Crippen molar-refractivity contribution in [1.29, 1.82) is 0 Å². The fourth-order valence-corrected chi connectivity index (χ4v) is 4.55. The van der Waals surface area contributed by atoms with E-state index < -0.39 is 0 Å². The van der Waals surface area contributed by atoms with Crippen LogP contribution >= 0.6 is 11.3 Å². The van der Waals surface area contributed by atoms with Crippen molar-refractivity contribution in [2.24, 2.45) is 0 Å². The Hall–Kier alpha value is -1.52. The maximum atomic E-state index is 6.52. The van der Waals surface area contributed by atoms with Crippen molar-refractivity contribution >= 4 is 11.3 Å². The van der Waals surface area contributed by atoms with E-state index in [0.29, 0.717) is 5.92 Å². The van der Waals surface area contributed by atoms with Crippen LogP contribution in [0.2, 0.25) is 0 Å². The van der Waals surface area contributed by atoms with Crippen LogP contribution in [0, 0.1) is 0 Å². The van der Waals surface area contributed by atoms with Gasteiger partial charge in [0.1, 0.15) is 17.1 Å². The predicted octanol–water partition coefficient (Wildman–Crippen LogP) is 3.79. The molecule has 1 atom stereocenters. The number of ether oxygens (including phenoxy) is 2. The lowest BCUT2D eigenvalue weighted by atomic mass is 9.77. The van der Waals surface area contributed by atoms with Gasteiger partial charge in [-0.25, -0.2) is 0 Å². The van der Waals surface area contributed by atoms with Crippen molar-refractivity contribution in [3.8, 4) is 11.5 Å². The molecule has 1 spiro atoms. The van der Waals surface area contributed by atoms with Crippen LogP contribution in [0.25, 0.3) is 0 Å². The van der Waals surface area contributed by atoms with Gasteiger partial charge < -0.3 is 14.8 Å². The first-order valence-corrected chi connectivity index (χ1v) is 8.79. The minimum Gasteiger partial charge on any atom is -0.497 e. The molecule has 0 aliphatic carbocycles. The normalized spacial score (nSPS) is 22.9. The highest BCUT2D eigenvalue weighted by molar-refractivity contribution is 7.10. The first kappa shape index (κ1) is 14.1. The fourth-order valence-electron chi connectivity index (χ4n) is 3.71. The summed E-state index contributed by atoms with van der Waals surface area (Å²) in [7, 11) is 1.71. The summed E-state index contributed by atoms with van der Waals surface area (Å²) in [4.78, 5) is 1.44. The molecule has 3 nitrogen and oxygen atoms in total. The highest BCUT2D eigenvalue weighted by Gasteiger charge is 2.42. The quantitative estimate of drug-likeness (QED) is 0.914. The van der Waals surface area contributed by atoms with Gasteiger partial charge in [0.05, 0.1) is 7.11 Å². The van der Waals surface area contributed by atoms with Crippen molar-refractivity contribution in [1.82, 2.24) is 5.32 Å². The summed E-state index contributed by atoms with van der Waals surface area (Å²) in [5, 5.41) is 5.62. The molecule has 2 aliphatic heterocycles. The summed E-state index contributed by atoms with van der Waals surface area (Å²) in [5.74, 6) is 2.31. The third-order valence-electron chi connectivity index (χ3n) is 4.90. The number of piperidine rings is 1. The molecule has 2 aliphatic rings. The van der Waals surface area contributed by atoms with Gasteiger partial charge in [-0.2, -0.15) is 0 Å². The van der Waals surface area contributed by atoms with Gasteiger partial charge in [0.25, 0.3) is 0 Å². The van der Waals surface area contributed by atoms with Crippen molar-refractivity contribution in [3.05, 3.63) is 46.2 Å². The van der Waals surface area contributed by atoms with Crippen LogP contribution in [0.5, 0.6) is 11.5 Å². The molecule has 0 radical (unpaired) electrons. The second-order valence-corrected chi connectivity index (χ2v) is 7.19. The molecular weight excluding hydrogens is 294 g/mol. The summed E-state index contributed by atoms with van der Waals surface area (Å²) in [6.07, 6.45) is 3.23. The zero-order chi connectivity index (χ0) is 15.0. The molecule has 2 aromatic rings. The smallest absolute Gasteiger partial charge is 0.127 e. The van der Waals surface area contributed by atoms with E-state index in [9.17, 15) is 0 Å². The Kier molecular flexibility index (Phi) is 3.59. The van der Waals surface area contributed by atoms with E-state index in [1.165, 1.54) is 10.4 Å². The minimum absolute atomic E-state index is 0.0285. The number of benzene rings is 1. The monoisotopic (exact) mass is 315 g/mol. The highest BCUT2D eigenvalue weighted by atomic mass is 32.1. The number of rotatable bonds is 2. The molecule has 1 aromatic heterocycles. The summed E-state index contributed by atoms with van der Waals surface area (Å²) >= 11 is 1.85. The Morgan fingerprint density at radius 3 is 2.86 bits per heavy atom. The van der Waals surface area contributed by atoms with Crippen LogP contribution in [-0.4, -0.2) is 25.8 Å². The van der Waals surface area contributed by atoms with Crippen LogP contribution < -0.4 is 14.8 Å². The predicted molar refractivity (Wildman–Crippen MR) is 89.2 cm³/mol. The molecule has 3 heterocycles. The fraction of sp³-hybridized carbons (Fsp3) is 0.444. The molecule has 1 saturated heterocycles. The van der Waals surface area contributed by atoms with E-state index in [4.69, 9.17) is 9.47 Å². The zero-order valence-corrected chi connectivity index (χ0v) is 13.6. The highest BCUT2D eigenvalue weighted by Crippen LogP contribution is 2.49. The summed E-state index contributed by atoms with van der Waals surface area (Å²) in [6.45, 7) is 2.08. The van der Waals surface area contributed by atoms with Crippen molar-refractivity contribution in [2.75, 3.05) is 20.2 Å². The molecule has 22 heavy (non-hydrogen) atoms. The van der Waals surface area contributed by atoms with E-state index in [0.717, 1.165) is 43.9 Å². The number of hydrogen-bond donors (Lipinski definition) is 1. The molecule has 0 amide bonds. The molecule has 4 heteroatoms. The largest absolute Gasteiger partial charge is 0.497 e. The van der Waals surface area contributed by atoms with Gasteiger partial charge in [-0.3, -0.25) is 0 Å². The maximum absolute atomic E-state index is 6.52. The molecule has 1 aromatic carbocycles. The van der Waals surface area contributed by atoms with Crippen LogP contribution in [0.1, 0.15) is 35.6 Å². The van der Waals surface area contributed by atoms with Gasteiger partial charge in [-0.05, 0) is 49.9 Å². The molecule has 1 fully saturated rings. The number of nitrogens with one attached hydrogen (secondary N) is 1. The Bertz CT molecular complexity index is 647. The minimum atomic E-state index is -0.0285. The molecule has 4 rings (SSSR count). The van der Waals surface area contributed by atoms with Crippen molar-refractivity contribution in [2.45, 2.75) is 30.8 Å². The Balaban J connectivity index is 1.78. The number of methoxy groups -OCH3 is 1. The second-order valence-electron chi connectivity index (χ2n) is 6.21. The molecular formula is C18H21NO2S. The van der Waals surface area contributed by atoms with Gasteiger partial charge in [0.2, 0.25) is 0 Å². The molecule has 0 saturated carbocycles. The average molecular weight is 315 g/mol. The molecule has 0 bridgehead atoms. The molecule has 116 valence electrons. The Morgan fingerprint density at radius 2 is 2.14 bits per heavy atom. The summed E-state index contributed by atoms with van der Waals surface area (Å²) in [5.41, 5.74) is 1.27. The van der Waals surface area contributed by atoms with E-state index in [1.54, 1.807) is 7.11 Å². The molecule has 1 unspecified atom stereocenters. The van der Waals surface area contributed by atoms with Crippen LogP contribution in [0.3, 0.4) is 0 Å². The average Bonchev–Trinajstić information content (AvgIpc) is 3.08. The van der Waals surface area contributed by atoms with Gasteiger partial charge in [-0.1, -0.05) is 12.1 Å². The Morgan fingerprint density at radius 1 is 1.27 bits per heavy atom. The van der Waals surface area contributed by atoms with E-state index in [1.807, 2.05) is 17.4 Å². The van der Waals surface area contributed by atoms with Crippen molar-refractivity contribution < 1.29 is 9.47 Å².